The predicted molar refractivity (Wildman–Crippen MR) is 262 cm³/mol. The summed E-state index contributed by atoms with van der Waals surface area (Å²) in [5.41, 5.74) is 0. The summed E-state index contributed by atoms with van der Waals surface area (Å²) in [5, 5.41) is 52.3. The zero-order valence-corrected chi connectivity index (χ0v) is 51.4. The van der Waals surface area contributed by atoms with Crippen LogP contribution in [0.2, 0.25) is 0 Å². The molecule has 89 heavy (non-hydrogen) atoms. The van der Waals surface area contributed by atoms with Crippen LogP contribution in [0, 0.1) is 5.92 Å². The first-order valence-electron chi connectivity index (χ1n) is 22.7. The maximum atomic E-state index is 11.0. The van der Waals surface area contributed by atoms with Gasteiger partial charge in [0.25, 0.3) is 0 Å². The fourth-order valence-electron chi connectivity index (χ4n) is 7.35. The molecule has 5 fully saturated rings. The van der Waals surface area contributed by atoms with E-state index < -0.39 is 191 Å². The molecular formula is C34H63NO47S7-8. The minimum Gasteiger partial charge on any atom is -0.726 e. The van der Waals surface area contributed by atoms with Crippen molar-refractivity contribution in [3.05, 3.63) is 0 Å². The Kier molecular flexibility index (Phi) is 45.1. The molecule has 5 aliphatic heterocycles. The van der Waals surface area contributed by atoms with Gasteiger partial charge in [0.15, 0.2) is 24.5 Å². The standard InChI is InChI=1S/C7H12O12S2.2C7H14O10S2.C7H12O8S.C6H11NO3.4H2O/c1-14-4-3(17-21(11,12)13)2-15-6(7(8)9)5(4)16-20-19-18-10;2*1-14-6-2-5(3-16-18(8,9)10)15-4-7(6)17-19(11,12)13;1-13-4-2-5(7(8)9)14-3-6(4)15-16(10,11)12;8-5-1-4(6(9)10)2-7-3-5;;;;/h3-6,10H,2H2,1H3,(H,8,9)(H,11,12,13);2*5-7H,2-4H2,1H3,(H,8,9,10)(H,11,12,13);4-6H,2-3H2,1H3,(H,8,9)(H,10,11,12);4-5,7-8H,1-3H2,(H,9,10);4*1H2/p-8/t3?,4-,5+,6?;2*5?,6-,7?;4-,5?,6?;4?,5-;;;;/m01111..../s1. The van der Waals surface area contributed by atoms with Gasteiger partial charge in [-0.05, 0) is 6.42 Å². The number of carboxylic acid groups (broad SMARTS) is 3. The van der Waals surface area contributed by atoms with Crippen molar-refractivity contribution in [2.45, 2.75) is 111 Å². The predicted octanol–water partition coefficient (Wildman–Crippen LogP) is -13.1. The van der Waals surface area contributed by atoms with Gasteiger partial charge in [-0.2, -0.15) is 0 Å². The van der Waals surface area contributed by atoms with Crippen molar-refractivity contribution >= 4 is 92.6 Å². The van der Waals surface area contributed by atoms with E-state index in [9.17, 15) is 103 Å². The molecule has 0 bridgehead atoms. The minimum absolute atomic E-state index is 0. The molecule has 0 aromatic heterocycles. The van der Waals surface area contributed by atoms with Crippen LogP contribution in [0.15, 0.2) is 0 Å². The molecular weight excluding hydrogens is 1400 g/mol. The Morgan fingerprint density at radius 3 is 1.20 bits per heavy atom. The second kappa shape index (κ2) is 43.3. The van der Waals surface area contributed by atoms with Crippen LogP contribution in [0.5, 0.6) is 0 Å². The number of piperidine rings is 1. The Labute approximate surface area is 510 Å². The third kappa shape index (κ3) is 40.9. The van der Waals surface area contributed by atoms with E-state index in [-0.39, 0.29) is 73.3 Å². The van der Waals surface area contributed by atoms with E-state index in [0.717, 1.165) is 7.11 Å². The van der Waals surface area contributed by atoms with Gasteiger partial charge in [-0.3, -0.25) is 34.3 Å². The third-order valence-electron chi connectivity index (χ3n) is 10.9. The molecule has 536 valence electrons. The molecule has 5 saturated heterocycles. The van der Waals surface area contributed by atoms with Crippen molar-refractivity contribution in [1.82, 2.24) is 5.32 Å². The van der Waals surface area contributed by atoms with Crippen LogP contribution in [-0.2, 0) is 153 Å². The first kappa shape index (κ1) is 92.7. The molecule has 0 aromatic carbocycles. The van der Waals surface area contributed by atoms with E-state index in [1.807, 2.05) is 0 Å². The highest BCUT2D eigenvalue weighted by Gasteiger charge is 2.47. The highest BCUT2D eigenvalue weighted by molar-refractivity contribution is 7.89. The summed E-state index contributed by atoms with van der Waals surface area (Å²) in [5.74, 6) is -4.23. The summed E-state index contributed by atoms with van der Waals surface area (Å²) in [7, 11) is -24.5. The normalized spacial score (nSPS) is 29.1. The first-order chi connectivity index (χ1) is 39.0. The van der Waals surface area contributed by atoms with Gasteiger partial charge in [-0.25, -0.2) is 60.1 Å². The molecule has 5 heterocycles. The fraction of sp³-hybridized carbons (Fsp3) is 0.912. The number of carboxylic acids is 3. The van der Waals surface area contributed by atoms with Gasteiger partial charge in [0.1, 0.15) is 36.6 Å². The molecule has 0 amide bonds. The highest BCUT2D eigenvalue weighted by atomic mass is 32.3. The van der Waals surface area contributed by atoms with E-state index in [4.69, 9.17) is 57.4 Å². The summed E-state index contributed by atoms with van der Waals surface area (Å²) >= 11 is -0.0211. The molecule has 15 atom stereocenters. The van der Waals surface area contributed by atoms with Crippen molar-refractivity contribution in [3.63, 3.8) is 0 Å². The number of nitrogens with one attached hydrogen (secondary N) is 1. The summed E-state index contributed by atoms with van der Waals surface area (Å²) in [6, 6.07) is 0. The van der Waals surface area contributed by atoms with E-state index in [1.165, 1.54) is 21.3 Å². The largest absolute Gasteiger partial charge is 0.726 e. The highest BCUT2D eigenvalue weighted by Crippen LogP contribution is 2.28. The van der Waals surface area contributed by atoms with Gasteiger partial charge >= 0.3 is 11.9 Å². The van der Waals surface area contributed by atoms with Gasteiger partial charge in [0, 0.05) is 72.7 Å². The van der Waals surface area contributed by atoms with Crippen molar-refractivity contribution < 1.29 is 216 Å². The fourth-order valence-corrected chi connectivity index (χ4v) is 10.3. The summed E-state index contributed by atoms with van der Waals surface area (Å²) in [4.78, 5) is 31.9. The molecule has 12 N–H and O–H groups in total. The molecule has 0 aromatic rings. The van der Waals surface area contributed by atoms with Crippen molar-refractivity contribution in [1.29, 1.82) is 0 Å². The number of carbonyl (C=O) groups excluding carboxylic acids is 1. The average molecular weight is 1460 g/mol. The molecule has 5 aliphatic rings. The van der Waals surface area contributed by atoms with Crippen molar-refractivity contribution in [3.8, 4) is 0 Å². The quantitative estimate of drug-likeness (QED) is 0.0165. The maximum Gasteiger partial charge on any atom is 0.335 e. The lowest BCUT2D eigenvalue weighted by molar-refractivity contribution is -0.777. The van der Waals surface area contributed by atoms with E-state index in [0.29, 0.717) is 19.5 Å². The SMILES string of the molecule is CO[C@@H]1CC(C(=O)O)OCC1OS(=O)(=O)[O-].CO[C@@H]1CC(COS(=O)(=O)[O-])OCC1OS(=O)(=O)[O-].CO[C@@H]1CC(COS(=O)(=O)[O-])OCC1OS(=O)(=O)[O-].CO[C@H]1C(OS(=O)(=O)[O-])COC(C(=O)O)[C@@H]1OSOO[O-].O.O.O.O.O=C([O-])C1CNC[C@H](O)C1. The van der Waals surface area contributed by atoms with Gasteiger partial charge < -0.3 is 123 Å². The van der Waals surface area contributed by atoms with Crippen LogP contribution in [-0.4, -0.2) is 300 Å². The number of carbonyl (C=O) groups is 3. The Balaban J connectivity index is -0.000000509. The van der Waals surface area contributed by atoms with Gasteiger partial charge in [-0.15, -0.1) is 4.33 Å². The topological polar surface area (TPSA) is 796 Å². The number of aliphatic hydroxyl groups excluding tert-OH is 1. The van der Waals surface area contributed by atoms with Crippen LogP contribution in [0.25, 0.3) is 0 Å². The monoisotopic (exact) mass is 1460 g/mol. The van der Waals surface area contributed by atoms with Crippen LogP contribution < -0.4 is 15.7 Å². The Hall–Kier alpha value is -2.74. The number of β-amino-alcohol motifs (C(OH)–C–C–N with tert-alkyl or cyclic N) is 1. The summed E-state index contributed by atoms with van der Waals surface area (Å²) in [6.07, 6.45) is -14.5. The van der Waals surface area contributed by atoms with Gasteiger partial charge in [-0.1, -0.05) is 0 Å². The maximum absolute atomic E-state index is 11.0. The van der Waals surface area contributed by atoms with Crippen molar-refractivity contribution in [2.24, 2.45) is 5.92 Å². The molecule has 0 aliphatic carbocycles. The van der Waals surface area contributed by atoms with Crippen LogP contribution in [0.3, 0.4) is 0 Å². The summed E-state index contributed by atoms with van der Waals surface area (Å²) in [6.45, 7) is -1.63. The summed E-state index contributed by atoms with van der Waals surface area (Å²) < 4.78 is 260. The van der Waals surface area contributed by atoms with Crippen LogP contribution >= 0.6 is 12.3 Å². The molecule has 9 unspecified atom stereocenters. The molecule has 0 spiro atoms. The van der Waals surface area contributed by atoms with Crippen LogP contribution in [0.1, 0.15) is 25.7 Å². The Bertz CT molecular complexity index is 2630. The number of hydrogen-bond acceptors (Lipinski definition) is 43. The van der Waals surface area contributed by atoms with E-state index >= 15 is 0 Å². The number of ether oxygens (including phenoxy) is 8. The number of aliphatic carboxylic acids is 3. The Morgan fingerprint density at radius 1 is 0.506 bits per heavy atom. The molecule has 0 saturated carbocycles. The lowest BCUT2D eigenvalue weighted by Gasteiger charge is -2.38. The first-order valence-corrected chi connectivity index (χ1v) is 31.4. The van der Waals surface area contributed by atoms with E-state index in [2.05, 4.69) is 39.8 Å². The Morgan fingerprint density at radius 2 is 0.888 bits per heavy atom. The van der Waals surface area contributed by atoms with E-state index in [1.54, 1.807) is 0 Å². The number of methoxy groups -OCH3 is 4. The van der Waals surface area contributed by atoms with Gasteiger partial charge in [0.05, 0.1) is 76.3 Å². The second-order valence-electron chi connectivity index (χ2n) is 16.8. The zero-order valence-electron chi connectivity index (χ0n) is 45.7. The molecule has 5 rings (SSSR count). The third-order valence-corrected chi connectivity index (χ3v) is 14.1. The average Bonchev–Trinajstić information content (AvgIpc) is 3.39. The molecule has 0 radical (unpaired) electrons. The zero-order chi connectivity index (χ0) is 65.3. The number of rotatable bonds is 25. The second-order valence-corrected chi connectivity index (χ2v) is 23.4. The molecule has 48 nitrogen and oxygen atoms in total. The van der Waals surface area contributed by atoms with Crippen LogP contribution in [0.4, 0.5) is 0 Å². The number of hydrogen-bond donors (Lipinski definition) is 4. The van der Waals surface area contributed by atoms with Crippen molar-refractivity contribution in [2.75, 3.05) is 81.2 Å². The lowest BCUT2D eigenvalue weighted by Crippen LogP contribution is -2.58. The van der Waals surface area contributed by atoms with Gasteiger partial charge in [0.2, 0.25) is 62.4 Å². The number of aliphatic hydroxyl groups is 1. The lowest BCUT2D eigenvalue weighted by atomic mass is 9.98. The molecule has 55 heteroatoms. The minimum atomic E-state index is -5.08. The smallest absolute Gasteiger partial charge is 0.335 e.